The number of hydrogen-bond acceptors (Lipinski definition) is 2. The maximum atomic E-state index is 6.04. The average Bonchev–Trinajstić information content (AvgIpc) is 2.65. The molecule has 0 aliphatic carbocycles. The first-order valence-corrected chi connectivity index (χ1v) is 7.11. The number of fused-ring (bicyclic) bond motifs is 1. The molecule has 0 radical (unpaired) electrons. The van der Waals surface area contributed by atoms with E-state index in [1.165, 1.54) is 5.52 Å². The van der Waals surface area contributed by atoms with Crippen molar-refractivity contribution in [3.05, 3.63) is 30.1 Å². The summed E-state index contributed by atoms with van der Waals surface area (Å²) in [6.07, 6.45) is 0. The van der Waals surface area contributed by atoms with Gasteiger partial charge in [0.25, 0.3) is 0 Å². The summed E-state index contributed by atoms with van der Waals surface area (Å²) in [7, 11) is 4.21. The molecule has 2 aromatic rings. The van der Waals surface area contributed by atoms with Crippen molar-refractivity contribution < 1.29 is 0 Å². The predicted octanol–water partition coefficient (Wildman–Crippen LogP) is 3.36. The molecular weight excluding hydrogens is 258 g/mol. The molecule has 0 N–H and O–H groups in total. The van der Waals surface area contributed by atoms with Crippen molar-refractivity contribution in [1.82, 2.24) is 14.5 Å². The molecule has 3 nitrogen and oxygen atoms in total. The third kappa shape index (κ3) is 3.28. The van der Waals surface area contributed by atoms with E-state index in [4.69, 9.17) is 11.6 Å². The van der Waals surface area contributed by atoms with Gasteiger partial charge in [0.2, 0.25) is 0 Å². The van der Waals surface area contributed by atoms with Gasteiger partial charge in [-0.1, -0.05) is 26.0 Å². The summed E-state index contributed by atoms with van der Waals surface area (Å²) in [5.74, 6) is 1.40. The van der Waals surface area contributed by atoms with Crippen molar-refractivity contribution in [2.45, 2.75) is 26.3 Å². The van der Waals surface area contributed by atoms with E-state index in [2.05, 4.69) is 54.5 Å². The number of para-hydroxylation sites is 2. The van der Waals surface area contributed by atoms with E-state index in [0.717, 1.165) is 24.4 Å². The van der Waals surface area contributed by atoms with Crippen molar-refractivity contribution in [3.63, 3.8) is 0 Å². The summed E-state index contributed by atoms with van der Waals surface area (Å²) in [6.45, 7) is 6.51. The first kappa shape index (κ1) is 14.4. The van der Waals surface area contributed by atoms with Gasteiger partial charge in [-0.05, 0) is 31.6 Å². The number of rotatable bonds is 5. The minimum absolute atomic E-state index is 0.174. The molecule has 1 aromatic heterocycles. The van der Waals surface area contributed by atoms with Crippen LogP contribution < -0.4 is 0 Å². The number of aromatic nitrogens is 2. The predicted molar refractivity (Wildman–Crippen MR) is 81.6 cm³/mol. The molecule has 4 heteroatoms. The highest BCUT2D eigenvalue weighted by atomic mass is 35.5. The lowest BCUT2D eigenvalue weighted by molar-refractivity contribution is 0.212. The topological polar surface area (TPSA) is 21.1 Å². The standard InChI is InChI=1S/C15H22ClN3/c1-15(2,10-18(3)4)11-19-13-8-6-5-7-12(13)17-14(19)9-16/h5-8H,9-11H2,1-4H3. The summed E-state index contributed by atoms with van der Waals surface area (Å²) in [6, 6.07) is 8.23. The number of imidazole rings is 1. The smallest absolute Gasteiger partial charge is 0.124 e. The Bertz CT molecular complexity index is 558. The highest BCUT2D eigenvalue weighted by molar-refractivity contribution is 6.16. The third-order valence-corrected chi connectivity index (χ3v) is 3.42. The summed E-state index contributed by atoms with van der Waals surface area (Å²) in [5.41, 5.74) is 2.37. The quantitative estimate of drug-likeness (QED) is 0.783. The lowest BCUT2D eigenvalue weighted by atomic mass is 9.92. The van der Waals surface area contributed by atoms with E-state index in [1.54, 1.807) is 0 Å². The molecule has 0 saturated heterocycles. The molecule has 0 aliphatic heterocycles. The molecule has 0 fully saturated rings. The van der Waals surface area contributed by atoms with Crippen LogP contribution in [-0.2, 0) is 12.4 Å². The Kier molecular flexibility index (Phi) is 4.16. The molecule has 1 aromatic carbocycles. The van der Waals surface area contributed by atoms with Gasteiger partial charge in [0.05, 0.1) is 16.9 Å². The van der Waals surface area contributed by atoms with E-state index >= 15 is 0 Å². The Morgan fingerprint density at radius 2 is 1.95 bits per heavy atom. The summed E-state index contributed by atoms with van der Waals surface area (Å²) in [4.78, 5) is 6.83. The third-order valence-electron chi connectivity index (χ3n) is 3.18. The van der Waals surface area contributed by atoms with E-state index < -0.39 is 0 Å². The zero-order valence-electron chi connectivity index (χ0n) is 12.2. The number of hydrogen-bond donors (Lipinski definition) is 0. The van der Waals surface area contributed by atoms with Crippen LogP contribution in [0.2, 0.25) is 0 Å². The minimum Gasteiger partial charge on any atom is -0.326 e. The van der Waals surface area contributed by atoms with Crippen LogP contribution in [-0.4, -0.2) is 35.1 Å². The zero-order chi connectivity index (χ0) is 14.0. The fourth-order valence-electron chi connectivity index (χ4n) is 2.74. The normalized spacial score (nSPS) is 12.5. The largest absolute Gasteiger partial charge is 0.326 e. The van der Waals surface area contributed by atoms with Gasteiger partial charge in [0, 0.05) is 13.1 Å². The zero-order valence-corrected chi connectivity index (χ0v) is 12.9. The fourth-order valence-corrected chi connectivity index (χ4v) is 2.94. The second kappa shape index (κ2) is 5.51. The van der Waals surface area contributed by atoms with Crippen molar-refractivity contribution in [1.29, 1.82) is 0 Å². The highest BCUT2D eigenvalue weighted by Gasteiger charge is 2.22. The molecule has 2 rings (SSSR count). The number of alkyl halides is 1. The Labute approximate surface area is 120 Å². The first-order chi connectivity index (χ1) is 8.93. The molecule has 0 atom stereocenters. The Morgan fingerprint density at radius 1 is 1.26 bits per heavy atom. The maximum Gasteiger partial charge on any atom is 0.124 e. The Hall–Kier alpha value is -1.06. The maximum absolute atomic E-state index is 6.04. The molecule has 0 aliphatic rings. The van der Waals surface area contributed by atoms with E-state index in [1.807, 2.05) is 12.1 Å². The molecule has 19 heavy (non-hydrogen) atoms. The van der Waals surface area contributed by atoms with Crippen LogP contribution in [0.1, 0.15) is 19.7 Å². The van der Waals surface area contributed by atoms with Gasteiger partial charge >= 0.3 is 0 Å². The van der Waals surface area contributed by atoms with Gasteiger partial charge in [0.15, 0.2) is 0 Å². The molecule has 0 amide bonds. The van der Waals surface area contributed by atoms with E-state index in [0.29, 0.717) is 5.88 Å². The lowest BCUT2D eigenvalue weighted by Gasteiger charge is -2.29. The van der Waals surface area contributed by atoms with Crippen LogP contribution in [0, 0.1) is 5.41 Å². The van der Waals surface area contributed by atoms with Gasteiger partial charge in [0.1, 0.15) is 5.82 Å². The summed E-state index contributed by atoms with van der Waals surface area (Å²) in [5, 5.41) is 0. The number of nitrogens with zero attached hydrogens (tertiary/aromatic N) is 3. The molecule has 1 heterocycles. The van der Waals surface area contributed by atoms with Crippen LogP contribution in [0.4, 0.5) is 0 Å². The fraction of sp³-hybridized carbons (Fsp3) is 0.533. The Morgan fingerprint density at radius 3 is 2.58 bits per heavy atom. The van der Waals surface area contributed by atoms with E-state index in [-0.39, 0.29) is 5.41 Å². The van der Waals surface area contributed by atoms with Crippen molar-refractivity contribution in [2.75, 3.05) is 20.6 Å². The van der Waals surface area contributed by atoms with Crippen molar-refractivity contribution >= 4 is 22.6 Å². The molecule has 0 saturated carbocycles. The molecular formula is C15H22ClN3. The van der Waals surface area contributed by atoms with Crippen molar-refractivity contribution in [3.8, 4) is 0 Å². The number of benzene rings is 1. The second-order valence-electron chi connectivity index (χ2n) is 6.14. The van der Waals surface area contributed by atoms with Crippen LogP contribution in [0.5, 0.6) is 0 Å². The monoisotopic (exact) mass is 279 g/mol. The van der Waals surface area contributed by atoms with Gasteiger partial charge in [-0.15, -0.1) is 11.6 Å². The summed E-state index contributed by atoms with van der Waals surface area (Å²) < 4.78 is 2.26. The van der Waals surface area contributed by atoms with Crippen LogP contribution in [0.25, 0.3) is 11.0 Å². The van der Waals surface area contributed by atoms with Gasteiger partial charge in [-0.2, -0.15) is 0 Å². The minimum atomic E-state index is 0.174. The SMILES string of the molecule is CN(C)CC(C)(C)Cn1c(CCl)nc2ccccc21. The van der Waals surface area contributed by atoms with Crippen molar-refractivity contribution in [2.24, 2.45) is 5.41 Å². The first-order valence-electron chi connectivity index (χ1n) is 6.58. The van der Waals surface area contributed by atoms with Crippen LogP contribution in [0.15, 0.2) is 24.3 Å². The van der Waals surface area contributed by atoms with E-state index in [9.17, 15) is 0 Å². The average molecular weight is 280 g/mol. The number of halogens is 1. The lowest BCUT2D eigenvalue weighted by Crippen LogP contribution is -2.32. The van der Waals surface area contributed by atoms with Crippen LogP contribution >= 0.6 is 11.6 Å². The van der Waals surface area contributed by atoms with Gasteiger partial charge in [-0.3, -0.25) is 0 Å². The second-order valence-corrected chi connectivity index (χ2v) is 6.41. The molecule has 104 valence electrons. The molecule has 0 spiro atoms. The van der Waals surface area contributed by atoms with Crippen LogP contribution in [0.3, 0.4) is 0 Å². The summed E-state index contributed by atoms with van der Waals surface area (Å²) >= 11 is 6.04. The highest BCUT2D eigenvalue weighted by Crippen LogP contribution is 2.25. The van der Waals surface area contributed by atoms with Gasteiger partial charge < -0.3 is 9.47 Å². The van der Waals surface area contributed by atoms with Gasteiger partial charge in [-0.25, -0.2) is 4.98 Å². The Balaban J connectivity index is 2.38. The molecule has 0 bridgehead atoms. The molecule has 0 unspecified atom stereocenters.